The first-order valence-corrected chi connectivity index (χ1v) is 7.17. The number of benzene rings is 1. The molecular weight excluding hydrogens is 252 g/mol. The fourth-order valence-electron chi connectivity index (χ4n) is 2.03. The quantitative estimate of drug-likeness (QED) is 0.349. The van der Waals surface area contributed by atoms with Crippen LogP contribution >= 0.6 is 0 Å². The molecule has 0 saturated carbocycles. The van der Waals surface area contributed by atoms with E-state index in [0.29, 0.717) is 13.0 Å². The Kier molecular flexibility index (Phi) is 6.52. The Hall–Kier alpha value is -1.55. The molecule has 0 radical (unpaired) electrons. The molecule has 0 atom stereocenters. The highest BCUT2D eigenvalue weighted by atomic mass is 16.5. The molecule has 1 rings (SSSR count). The molecule has 0 heterocycles. The number of nitrogens with one attached hydrogen (secondary N) is 1. The third-order valence-electron chi connectivity index (χ3n) is 3.16. The standard InChI is InChI=1S/C16H26N2O2/c1-16(2,3)13-9-6-7-10-14(13)20-12-8-4-5-11-15(19)18-17/h6-7,9-10H,4-5,8,11-12,17H2,1-3H3,(H,18,19). The second kappa shape index (κ2) is 7.90. The topological polar surface area (TPSA) is 64.3 Å². The molecule has 0 bridgehead atoms. The zero-order chi connectivity index (χ0) is 15.0. The van der Waals surface area contributed by atoms with Crippen LogP contribution < -0.4 is 16.0 Å². The van der Waals surface area contributed by atoms with Crippen LogP contribution in [0.2, 0.25) is 0 Å². The molecule has 0 aliphatic carbocycles. The first-order valence-electron chi connectivity index (χ1n) is 7.17. The summed E-state index contributed by atoms with van der Waals surface area (Å²) in [5.74, 6) is 5.87. The van der Waals surface area contributed by atoms with Crippen LogP contribution in [0.25, 0.3) is 0 Å². The van der Waals surface area contributed by atoms with Gasteiger partial charge in [-0.3, -0.25) is 10.2 Å². The van der Waals surface area contributed by atoms with Crippen molar-refractivity contribution in [1.82, 2.24) is 5.43 Å². The van der Waals surface area contributed by atoms with Crippen LogP contribution in [0.5, 0.6) is 5.75 Å². The van der Waals surface area contributed by atoms with Crippen molar-refractivity contribution >= 4 is 5.91 Å². The van der Waals surface area contributed by atoms with Crippen LogP contribution in [0.1, 0.15) is 52.0 Å². The minimum Gasteiger partial charge on any atom is -0.493 e. The number of carbonyl (C=O) groups is 1. The second-order valence-electron chi connectivity index (χ2n) is 5.97. The third-order valence-corrected chi connectivity index (χ3v) is 3.16. The molecule has 4 nitrogen and oxygen atoms in total. The number of para-hydroxylation sites is 1. The van der Waals surface area contributed by atoms with Gasteiger partial charge in [0.25, 0.3) is 0 Å². The number of unbranched alkanes of at least 4 members (excludes halogenated alkanes) is 2. The number of ether oxygens (including phenoxy) is 1. The van der Waals surface area contributed by atoms with Crippen LogP contribution in [-0.2, 0) is 10.2 Å². The van der Waals surface area contributed by atoms with Crippen molar-refractivity contribution in [3.8, 4) is 5.75 Å². The highest BCUT2D eigenvalue weighted by molar-refractivity contribution is 5.75. The Balaban J connectivity index is 2.34. The normalized spacial score (nSPS) is 11.2. The summed E-state index contributed by atoms with van der Waals surface area (Å²) in [7, 11) is 0. The van der Waals surface area contributed by atoms with Crippen molar-refractivity contribution in [2.45, 2.75) is 51.9 Å². The van der Waals surface area contributed by atoms with E-state index in [-0.39, 0.29) is 11.3 Å². The zero-order valence-corrected chi connectivity index (χ0v) is 12.7. The van der Waals surface area contributed by atoms with Crippen LogP contribution in [-0.4, -0.2) is 12.5 Å². The molecule has 1 aromatic rings. The molecule has 20 heavy (non-hydrogen) atoms. The van der Waals surface area contributed by atoms with E-state index in [1.165, 1.54) is 5.56 Å². The van der Waals surface area contributed by atoms with E-state index < -0.39 is 0 Å². The largest absolute Gasteiger partial charge is 0.493 e. The molecule has 0 aromatic heterocycles. The van der Waals surface area contributed by atoms with E-state index in [2.05, 4.69) is 32.3 Å². The molecule has 0 unspecified atom stereocenters. The molecular formula is C16H26N2O2. The van der Waals surface area contributed by atoms with Crippen LogP contribution in [0, 0.1) is 0 Å². The van der Waals surface area contributed by atoms with Gasteiger partial charge in [0, 0.05) is 6.42 Å². The van der Waals surface area contributed by atoms with Crippen molar-refractivity contribution in [1.29, 1.82) is 0 Å². The maximum atomic E-state index is 11.0. The maximum Gasteiger partial charge on any atom is 0.233 e. The average Bonchev–Trinajstić information content (AvgIpc) is 2.41. The first-order chi connectivity index (χ1) is 9.45. The van der Waals surface area contributed by atoms with Gasteiger partial charge in [-0.05, 0) is 36.3 Å². The molecule has 0 spiro atoms. The zero-order valence-electron chi connectivity index (χ0n) is 12.7. The minimum absolute atomic E-state index is 0.0792. The highest BCUT2D eigenvalue weighted by Gasteiger charge is 2.18. The number of rotatable bonds is 7. The minimum atomic E-state index is -0.107. The maximum absolute atomic E-state index is 11.0. The smallest absolute Gasteiger partial charge is 0.233 e. The summed E-state index contributed by atoms with van der Waals surface area (Å²) >= 11 is 0. The fourth-order valence-corrected chi connectivity index (χ4v) is 2.03. The molecule has 0 fully saturated rings. The summed E-state index contributed by atoms with van der Waals surface area (Å²) < 4.78 is 5.87. The number of hydrazine groups is 1. The van der Waals surface area contributed by atoms with Crippen LogP contribution in [0.3, 0.4) is 0 Å². The Morgan fingerprint density at radius 3 is 2.55 bits per heavy atom. The van der Waals surface area contributed by atoms with E-state index in [9.17, 15) is 4.79 Å². The summed E-state index contributed by atoms with van der Waals surface area (Å²) in [4.78, 5) is 11.0. The number of amides is 1. The first kappa shape index (κ1) is 16.5. The van der Waals surface area contributed by atoms with E-state index in [1.54, 1.807) is 0 Å². The monoisotopic (exact) mass is 278 g/mol. The lowest BCUT2D eigenvalue weighted by Gasteiger charge is -2.22. The SMILES string of the molecule is CC(C)(C)c1ccccc1OCCCCCC(=O)NN. The van der Waals surface area contributed by atoms with E-state index in [0.717, 1.165) is 25.0 Å². The van der Waals surface area contributed by atoms with Gasteiger partial charge in [-0.15, -0.1) is 0 Å². The van der Waals surface area contributed by atoms with Gasteiger partial charge >= 0.3 is 0 Å². The fraction of sp³-hybridized carbons (Fsp3) is 0.562. The van der Waals surface area contributed by atoms with Crippen molar-refractivity contribution in [2.24, 2.45) is 5.84 Å². The molecule has 112 valence electrons. The van der Waals surface area contributed by atoms with Gasteiger partial charge in [-0.1, -0.05) is 39.0 Å². The Morgan fingerprint density at radius 2 is 1.90 bits per heavy atom. The molecule has 1 amide bonds. The highest BCUT2D eigenvalue weighted by Crippen LogP contribution is 2.30. The van der Waals surface area contributed by atoms with E-state index >= 15 is 0 Å². The summed E-state index contributed by atoms with van der Waals surface area (Å²) in [6, 6.07) is 8.17. The summed E-state index contributed by atoms with van der Waals surface area (Å²) in [5, 5.41) is 0. The van der Waals surface area contributed by atoms with Crippen molar-refractivity contribution in [2.75, 3.05) is 6.61 Å². The Morgan fingerprint density at radius 1 is 1.20 bits per heavy atom. The molecule has 0 aliphatic rings. The summed E-state index contributed by atoms with van der Waals surface area (Å²) in [5.41, 5.74) is 3.44. The number of carbonyl (C=O) groups excluding carboxylic acids is 1. The van der Waals surface area contributed by atoms with Gasteiger partial charge in [0.2, 0.25) is 5.91 Å². The lowest BCUT2D eigenvalue weighted by molar-refractivity contribution is -0.121. The predicted octanol–water partition coefficient (Wildman–Crippen LogP) is 2.91. The lowest BCUT2D eigenvalue weighted by atomic mass is 9.86. The number of nitrogens with two attached hydrogens (primary N) is 1. The Bertz CT molecular complexity index is 425. The molecule has 3 N–H and O–H groups in total. The second-order valence-corrected chi connectivity index (χ2v) is 5.97. The van der Waals surface area contributed by atoms with Crippen molar-refractivity contribution in [3.05, 3.63) is 29.8 Å². The van der Waals surface area contributed by atoms with Crippen LogP contribution in [0.4, 0.5) is 0 Å². The van der Waals surface area contributed by atoms with Gasteiger partial charge < -0.3 is 4.74 Å². The number of hydrogen-bond donors (Lipinski definition) is 2. The molecule has 1 aromatic carbocycles. The third kappa shape index (κ3) is 5.61. The predicted molar refractivity (Wildman–Crippen MR) is 81.4 cm³/mol. The van der Waals surface area contributed by atoms with E-state index in [4.69, 9.17) is 10.6 Å². The van der Waals surface area contributed by atoms with Gasteiger partial charge in [-0.2, -0.15) is 0 Å². The van der Waals surface area contributed by atoms with Crippen molar-refractivity contribution < 1.29 is 9.53 Å². The van der Waals surface area contributed by atoms with Gasteiger partial charge in [0.05, 0.1) is 6.61 Å². The van der Waals surface area contributed by atoms with E-state index in [1.807, 2.05) is 18.2 Å². The summed E-state index contributed by atoms with van der Waals surface area (Å²) in [6.45, 7) is 7.22. The average molecular weight is 278 g/mol. The number of hydrogen-bond acceptors (Lipinski definition) is 3. The Labute approximate surface area is 121 Å². The lowest BCUT2D eigenvalue weighted by Crippen LogP contribution is -2.29. The van der Waals surface area contributed by atoms with Crippen molar-refractivity contribution in [3.63, 3.8) is 0 Å². The molecule has 0 aliphatic heterocycles. The van der Waals surface area contributed by atoms with Gasteiger partial charge in [0.1, 0.15) is 5.75 Å². The van der Waals surface area contributed by atoms with Crippen LogP contribution in [0.15, 0.2) is 24.3 Å². The van der Waals surface area contributed by atoms with Gasteiger partial charge in [-0.25, -0.2) is 5.84 Å². The molecule has 4 heteroatoms. The summed E-state index contributed by atoms with van der Waals surface area (Å²) in [6.07, 6.45) is 3.23. The molecule has 0 saturated heterocycles. The van der Waals surface area contributed by atoms with Gasteiger partial charge in [0.15, 0.2) is 0 Å².